The first kappa shape index (κ1) is 24.0. The summed E-state index contributed by atoms with van der Waals surface area (Å²) < 4.78 is 27.4. The number of hydrogen-bond acceptors (Lipinski definition) is 4. The molecule has 0 bridgehead atoms. The molecule has 180 valence electrons. The summed E-state index contributed by atoms with van der Waals surface area (Å²) in [6.07, 6.45) is 1.21. The minimum atomic E-state index is -0.467. The molecule has 1 N–H and O–H groups in total. The Morgan fingerprint density at radius 3 is 2.43 bits per heavy atom. The van der Waals surface area contributed by atoms with Gasteiger partial charge in [-0.05, 0) is 67.8 Å². The average Bonchev–Trinajstić information content (AvgIpc) is 3.22. The zero-order chi connectivity index (χ0) is 24.8. The third-order valence-corrected chi connectivity index (χ3v) is 5.72. The number of carbonyl (C=O) groups is 1. The minimum Gasteiger partial charge on any atom is -0.497 e. The first-order valence-corrected chi connectivity index (χ1v) is 11.5. The molecule has 0 atom stereocenters. The van der Waals surface area contributed by atoms with E-state index in [0.717, 1.165) is 28.3 Å². The van der Waals surface area contributed by atoms with E-state index >= 15 is 0 Å². The van der Waals surface area contributed by atoms with Crippen molar-refractivity contribution in [2.75, 3.05) is 12.4 Å². The van der Waals surface area contributed by atoms with E-state index in [4.69, 9.17) is 14.6 Å². The predicted octanol–water partition coefficient (Wildman–Crippen LogP) is 6.25. The van der Waals surface area contributed by atoms with Crippen molar-refractivity contribution in [2.24, 2.45) is 0 Å². The second kappa shape index (κ2) is 10.9. The zero-order valence-electron chi connectivity index (χ0n) is 20.0. The Hall–Kier alpha value is -4.13. The monoisotopic (exact) mass is 473 g/mol. The first-order chi connectivity index (χ1) is 17.0. The number of anilines is 1. The Morgan fingerprint density at radius 2 is 1.74 bits per heavy atom. The quantitative estimate of drug-likeness (QED) is 0.312. The fourth-order valence-electron chi connectivity index (χ4n) is 3.81. The molecular weight excluding hydrogens is 445 g/mol. The molecule has 6 nitrogen and oxygen atoms in total. The summed E-state index contributed by atoms with van der Waals surface area (Å²) in [5, 5.41) is 7.47. The number of nitrogens with one attached hydrogen (secondary N) is 1. The van der Waals surface area contributed by atoms with Crippen LogP contribution in [0.1, 0.15) is 30.2 Å². The minimum absolute atomic E-state index is 0.153. The van der Waals surface area contributed by atoms with Gasteiger partial charge < -0.3 is 14.8 Å². The van der Waals surface area contributed by atoms with E-state index in [1.54, 1.807) is 30.0 Å². The number of halogens is 1. The Bertz CT molecular complexity index is 1320. The number of methoxy groups -OCH3 is 1. The number of carbonyl (C=O) groups excluding carboxylic acids is 1. The van der Waals surface area contributed by atoms with Crippen molar-refractivity contribution in [2.45, 2.75) is 33.1 Å². The number of nitrogens with zero attached hydrogens (tertiary/aromatic N) is 2. The maximum absolute atomic E-state index is 14.0. The van der Waals surface area contributed by atoms with Gasteiger partial charge in [0.25, 0.3) is 0 Å². The first-order valence-electron chi connectivity index (χ1n) is 11.5. The van der Waals surface area contributed by atoms with Crippen LogP contribution >= 0.6 is 0 Å². The second-order valence-corrected chi connectivity index (χ2v) is 8.09. The fraction of sp³-hybridized carbons (Fsp3) is 0.214. The normalized spacial score (nSPS) is 10.7. The van der Waals surface area contributed by atoms with Gasteiger partial charge in [0.15, 0.2) is 0 Å². The van der Waals surface area contributed by atoms with Crippen LogP contribution in [0.4, 0.5) is 10.1 Å². The molecule has 1 aromatic heterocycles. The van der Waals surface area contributed by atoms with E-state index in [0.29, 0.717) is 24.5 Å². The van der Waals surface area contributed by atoms with Crippen LogP contribution in [-0.4, -0.2) is 22.8 Å². The van der Waals surface area contributed by atoms with E-state index in [1.165, 1.54) is 6.07 Å². The smallest absolute Gasteiger partial charge is 0.226 e. The molecule has 0 fully saturated rings. The number of para-hydroxylation sites is 2. The van der Waals surface area contributed by atoms with E-state index in [2.05, 4.69) is 5.32 Å². The molecule has 0 unspecified atom stereocenters. The third kappa shape index (κ3) is 5.51. The highest BCUT2D eigenvalue weighted by Crippen LogP contribution is 2.34. The van der Waals surface area contributed by atoms with Gasteiger partial charge in [0, 0.05) is 12.0 Å². The van der Waals surface area contributed by atoms with Crippen molar-refractivity contribution < 1.29 is 18.7 Å². The predicted molar refractivity (Wildman–Crippen MR) is 134 cm³/mol. The van der Waals surface area contributed by atoms with Gasteiger partial charge in [-0.2, -0.15) is 5.10 Å². The molecule has 0 aliphatic carbocycles. The van der Waals surface area contributed by atoms with E-state index in [1.807, 2.05) is 62.4 Å². The van der Waals surface area contributed by atoms with E-state index < -0.39 is 5.82 Å². The SMILES string of the molecule is CCc1nn(-c2ccc(OC)cc2)c(Oc2ccccc2C)c1CCC(=O)Nc1ccccc1F. The highest BCUT2D eigenvalue weighted by Gasteiger charge is 2.22. The van der Waals surface area contributed by atoms with Gasteiger partial charge >= 0.3 is 0 Å². The maximum Gasteiger partial charge on any atom is 0.226 e. The average molecular weight is 474 g/mol. The molecule has 35 heavy (non-hydrogen) atoms. The van der Waals surface area contributed by atoms with Crippen molar-refractivity contribution >= 4 is 11.6 Å². The number of aromatic nitrogens is 2. The van der Waals surface area contributed by atoms with Crippen molar-refractivity contribution in [3.05, 3.63) is 95.4 Å². The number of benzene rings is 3. The largest absolute Gasteiger partial charge is 0.497 e. The third-order valence-electron chi connectivity index (χ3n) is 5.72. The lowest BCUT2D eigenvalue weighted by atomic mass is 10.1. The molecule has 0 aliphatic rings. The Kier molecular flexibility index (Phi) is 7.45. The summed E-state index contributed by atoms with van der Waals surface area (Å²) in [4.78, 5) is 12.6. The topological polar surface area (TPSA) is 65.4 Å². The maximum atomic E-state index is 14.0. The van der Waals surface area contributed by atoms with Crippen LogP contribution in [0.25, 0.3) is 5.69 Å². The lowest BCUT2D eigenvalue weighted by Gasteiger charge is -2.13. The Balaban J connectivity index is 1.67. The highest BCUT2D eigenvalue weighted by atomic mass is 19.1. The molecular formula is C28H28FN3O3. The van der Waals surface area contributed by atoms with Crippen molar-refractivity contribution in [3.8, 4) is 23.1 Å². The van der Waals surface area contributed by atoms with Crippen LogP contribution < -0.4 is 14.8 Å². The van der Waals surface area contributed by atoms with Crippen LogP contribution in [0.5, 0.6) is 17.4 Å². The molecule has 1 heterocycles. The van der Waals surface area contributed by atoms with Crippen LogP contribution in [0.15, 0.2) is 72.8 Å². The molecule has 0 spiro atoms. The molecule has 4 rings (SSSR count). The molecule has 0 saturated carbocycles. The summed E-state index contributed by atoms with van der Waals surface area (Å²) in [6, 6.07) is 21.4. The van der Waals surface area contributed by atoms with Crippen LogP contribution in [0, 0.1) is 12.7 Å². The number of aryl methyl sites for hydroxylation is 2. The van der Waals surface area contributed by atoms with Gasteiger partial charge in [0.05, 0.1) is 24.2 Å². The van der Waals surface area contributed by atoms with Crippen molar-refractivity contribution in [1.82, 2.24) is 9.78 Å². The van der Waals surface area contributed by atoms with Gasteiger partial charge in [-0.15, -0.1) is 0 Å². The Morgan fingerprint density at radius 1 is 1.03 bits per heavy atom. The summed E-state index contributed by atoms with van der Waals surface area (Å²) in [6.45, 7) is 3.99. The lowest BCUT2D eigenvalue weighted by molar-refractivity contribution is -0.116. The van der Waals surface area contributed by atoms with Crippen molar-refractivity contribution in [1.29, 1.82) is 0 Å². The standard InChI is InChI=1S/C28H28FN3O3/c1-4-24-22(17-18-27(33)30-25-11-7-6-10-23(25)29)28(35-26-12-8-5-9-19(26)2)32(31-24)20-13-15-21(34-3)16-14-20/h5-16H,4,17-18H2,1-3H3,(H,30,33). The molecule has 7 heteroatoms. The van der Waals surface area contributed by atoms with Crippen LogP contribution in [-0.2, 0) is 17.6 Å². The Labute approximate surface area is 204 Å². The molecule has 0 radical (unpaired) electrons. The lowest BCUT2D eigenvalue weighted by Crippen LogP contribution is -2.13. The second-order valence-electron chi connectivity index (χ2n) is 8.09. The van der Waals surface area contributed by atoms with Gasteiger partial charge in [-0.3, -0.25) is 4.79 Å². The molecule has 0 aliphatic heterocycles. The van der Waals surface area contributed by atoms with Gasteiger partial charge in [0.1, 0.15) is 17.3 Å². The summed E-state index contributed by atoms with van der Waals surface area (Å²) in [5.74, 6) is 1.26. The summed E-state index contributed by atoms with van der Waals surface area (Å²) in [5.41, 5.74) is 3.64. The van der Waals surface area contributed by atoms with Gasteiger partial charge in [-0.25, -0.2) is 9.07 Å². The number of hydrogen-bond donors (Lipinski definition) is 1. The van der Waals surface area contributed by atoms with Gasteiger partial charge in [-0.1, -0.05) is 37.3 Å². The van der Waals surface area contributed by atoms with Gasteiger partial charge in [0.2, 0.25) is 11.8 Å². The van der Waals surface area contributed by atoms with Crippen LogP contribution in [0.2, 0.25) is 0 Å². The molecule has 4 aromatic rings. The molecule has 1 amide bonds. The summed E-state index contributed by atoms with van der Waals surface area (Å²) in [7, 11) is 1.62. The number of rotatable bonds is 9. The number of ether oxygens (including phenoxy) is 2. The highest BCUT2D eigenvalue weighted by molar-refractivity contribution is 5.91. The van der Waals surface area contributed by atoms with E-state index in [9.17, 15) is 9.18 Å². The molecule has 3 aromatic carbocycles. The fourth-order valence-corrected chi connectivity index (χ4v) is 3.81. The van der Waals surface area contributed by atoms with Crippen LogP contribution in [0.3, 0.4) is 0 Å². The number of amides is 1. The zero-order valence-corrected chi connectivity index (χ0v) is 20.0. The van der Waals surface area contributed by atoms with E-state index in [-0.39, 0.29) is 18.0 Å². The summed E-state index contributed by atoms with van der Waals surface area (Å²) >= 11 is 0. The molecule has 0 saturated heterocycles. The van der Waals surface area contributed by atoms with Crippen molar-refractivity contribution in [3.63, 3.8) is 0 Å².